The highest BCUT2D eigenvalue weighted by Gasteiger charge is 2.38. The van der Waals surface area contributed by atoms with Gasteiger partial charge in [-0.15, -0.1) is 0 Å². The Morgan fingerprint density at radius 2 is 1.08 bits per heavy atom. The molecule has 8 aromatic carbocycles. The Morgan fingerprint density at radius 3 is 1.96 bits per heavy atom. The Hall–Kier alpha value is -6.12. The predicted octanol–water partition coefficient (Wildman–Crippen LogP) is 13.4. The minimum Gasteiger partial charge on any atom is -0.456 e. The van der Waals surface area contributed by atoms with Gasteiger partial charge in [-0.05, 0) is 115 Å². The molecule has 10 aromatic rings. The quantitative estimate of drug-likeness (QED) is 0.191. The van der Waals surface area contributed by atoms with E-state index in [0.29, 0.717) is 0 Å². The van der Waals surface area contributed by atoms with Crippen molar-refractivity contribution in [2.45, 2.75) is 19.3 Å². The second-order valence-electron chi connectivity index (χ2n) is 14.1. The first-order valence-corrected chi connectivity index (χ1v) is 17.0. The topological polar surface area (TPSA) is 26.3 Å². The molecule has 1 aliphatic carbocycles. The normalized spacial score (nSPS) is 13.7. The van der Waals surface area contributed by atoms with Crippen LogP contribution in [0.4, 0.5) is 0 Å². The highest BCUT2D eigenvalue weighted by Crippen LogP contribution is 2.55. The van der Waals surface area contributed by atoms with Gasteiger partial charge in [0.2, 0.25) is 0 Å². The lowest BCUT2D eigenvalue weighted by molar-refractivity contribution is 0.661. The summed E-state index contributed by atoms with van der Waals surface area (Å²) in [6, 6.07) is 52.8. The van der Waals surface area contributed by atoms with Gasteiger partial charge in [-0.2, -0.15) is 0 Å². The molecular weight excluding hydrogens is 597 g/mol. The maximum atomic E-state index is 6.46. The van der Waals surface area contributed by atoms with E-state index >= 15 is 0 Å². The van der Waals surface area contributed by atoms with Crippen LogP contribution in [0.5, 0.6) is 0 Å². The van der Waals surface area contributed by atoms with Crippen LogP contribution >= 0.6 is 0 Å². The standard InChI is InChI=1S/C47H30O2/c1-47(2)38-24-30(33-15-9-17-42-45(33)37-22-27-10-3-4-11-28(27)26-43(37)49-42)18-20-35(38)46-39(47)25-29-12-5-6-13-32(29)44(46)31-19-21-41-36(23-31)34-14-7-8-16-40(34)48-41/h3-26H,1-2H3. The molecule has 0 spiro atoms. The molecule has 49 heavy (non-hydrogen) atoms. The second kappa shape index (κ2) is 9.49. The van der Waals surface area contributed by atoms with Crippen molar-refractivity contribution in [1.82, 2.24) is 0 Å². The van der Waals surface area contributed by atoms with Gasteiger partial charge in [-0.1, -0.05) is 111 Å². The van der Waals surface area contributed by atoms with E-state index < -0.39 is 0 Å². The van der Waals surface area contributed by atoms with Crippen molar-refractivity contribution in [2.75, 3.05) is 0 Å². The lowest BCUT2D eigenvalue weighted by atomic mass is 9.80. The fourth-order valence-electron chi connectivity index (χ4n) is 8.65. The third-order valence-corrected chi connectivity index (χ3v) is 11.0. The van der Waals surface area contributed by atoms with Crippen LogP contribution in [-0.4, -0.2) is 0 Å². The molecular formula is C47H30O2. The largest absolute Gasteiger partial charge is 0.456 e. The number of hydrogen-bond donors (Lipinski definition) is 0. The third kappa shape index (κ3) is 3.66. The van der Waals surface area contributed by atoms with Gasteiger partial charge in [0.1, 0.15) is 22.3 Å². The molecule has 0 bridgehead atoms. The van der Waals surface area contributed by atoms with Gasteiger partial charge in [-0.25, -0.2) is 0 Å². The number of para-hydroxylation sites is 1. The molecule has 2 nitrogen and oxygen atoms in total. The zero-order valence-corrected chi connectivity index (χ0v) is 27.2. The Bertz CT molecular complexity index is 3020. The molecule has 2 heterocycles. The van der Waals surface area contributed by atoms with Crippen molar-refractivity contribution in [3.8, 4) is 33.4 Å². The molecule has 0 unspecified atom stereocenters. The smallest absolute Gasteiger partial charge is 0.136 e. The number of fused-ring (bicyclic) bond motifs is 11. The first-order valence-electron chi connectivity index (χ1n) is 17.0. The van der Waals surface area contributed by atoms with Crippen LogP contribution in [0.15, 0.2) is 154 Å². The minimum absolute atomic E-state index is 0.200. The highest BCUT2D eigenvalue weighted by molar-refractivity contribution is 6.16. The van der Waals surface area contributed by atoms with Crippen LogP contribution in [0.2, 0.25) is 0 Å². The number of rotatable bonds is 2. The number of furan rings is 2. The van der Waals surface area contributed by atoms with Crippen LogP contribution in [0, 0.1) is 0 Å². The summed E-state index contributed by atoms with van der Waals surface area (Å²) in [5.74, 6) is 0. The summed E-state index contributed by atoms with van der Waals surface area (Å²) in [5, 5.41) is 9.56. The molecule has 0 amide bonds. The fourth-order valence-corrected chi connectivity index (χ4v) is 8.65. The van der Waals surface area contributed by atoms with Crippen molar-refractivity contribution in [3.63, 3.8) is 0 Å². The molecule has 230 valence electrons. The van der Waals surface area contributed by atoms with Crippen molar-refractivity contribution in [1.29, 1.82) is 0 Å². The molecule has 0 atom stereocenters. The van der Waals surface area contributed by atoms with Gasteiger partial charge in [0.05, 0.1) is 0 Å². The highest BCUT2D eigenvalue weighted by atomic mass is 16.3. The molecule has 2 heteroatoms. The lowest BCUT2D eigenvalue weighted by Gasteiger charge is -2.23. The summed E-state index contributed by atoms with van der Waals surface area (Å²) in [6.07, 6.45) is 0. The molecule has 2 aromatic heterocycles. The van der Waals surface area contributed by atoms with Gasteiger partial charge < -0.3 is 8.83 Å². The van der Waals surface area contributed by atoms with Gasteiger partial charge in [0.15, 0.2) is 0 Å². The first-order chi connectivity index (χ1) is 24.0. The van der Waals surface area contributed by atoms with Crippen LogP contribution < -0.4 is 0 Å². The van der Waals surface area contributed by atoms with E-state index in [0.717, 1.165) is 38.5 Å². The van der Waals surface area contributed by atoms with Crippen molar-refractivity contribution in [3.05, 3.63) is 157 Å². The Balaban J connectivity index is 1.16. The van der Waals surface area contributed by atoms with Gasteiger partial charge in [0, 0.05) is 27.0 Å². The van der Waals surface area contributed by atoms with Crippen LogP contribution in [0.25, 0.3) is 98.8 Å². The minimum atomic E-state index is -0.200. The summed E-state index contributed by atoms with van der Waals surface area (Å²) >= 11 is 0. The van der Waals surface area contributed by atoms with Gasteiger partial charge in [0.25, 0.3) is 0 Å². The number of hydrogen-bond acceptors (Lipinski definition) is 2. The maximum absolute atomic E-state index is 6.46. The van der Waals surface area contributed by atoms with Crippen molar-refractivity contribution in [2.24, 2.45) is 0 Å². The Labute approximate surface area is 282 Å². The average molecular weight is 627 g/mol. The summed E-state index contributed by atoms with van der Waals surface area (Å²) in [5.41, 5.74) is 13.7. The zero-order valence-electron chi connectivity index (χ0n) is 27.2. The van der Waals surface area contributed by atoms with E-state index in [2.05, 4.69) is 153 Å². The molecule has 0 saturated heterocycles. The first kappa shape index (κ1) is 26.9. The van der Waals surface area contributed by atoms with Crippen LogP contribution in [-0.2, 0) is 5.41 Å². The molecule has 11 rings (SSSR count). The van der Waals surface area contributed by atoms with Crippen LogP contribution in [0.3, 0.4) is 0 Å². The lowest BCUT2D eigenvalue weighted by Crippen LogP contribution is -2.15. The molecule has 1 aliphatic rings. The van der Waals surface area contributed by atoms with Crippen LogP contribution in [0.1, 0.15) is 25.0 Å². The maximum Gasteiger partial charge on any atom is 0.136 e. The van der Waals surface area contributed by atoms with E-state index in [1.807, 2.05) is 6.07 Å². The van der Waals surface area contributed by atoms with E-state index in [1.54, 1.807) is 0 Å². The van der Waals surface area contributed by atoms with Gasteiger partial charge >= 0.3 is 0 Å². The second-order valence-corrected chi connectivity index (χ2v) is 14.1. The summed E-state index contributed by atoms with van der Waals surface area (Å²) < 4.78 is 12.7. The third-order valence-electron chi connectivity index (χ3n) is 11.0. The van der Waals surface area contributed by atoms with E-state index in [1.165, 1.54) is 71.4 Å². The molecule has 0 N–H and O–H groups in total. The SMILES string of the molecule is CC1(C)c2cc(-c3cccc4oc5cc6ccccc6cc5c34)ccc2-c2c1cc1ccccc1c2-c1ccc2oc3ccccc3c2c1. The van der Waals surface area contributed by atoms with E-state index in [9.17, 15) is 0 Å². The molecule has 0 fully saturated rings. The molecule has 0 radical (unpaired) electrons. The molecule has 0 saturated carbocycles. The molecule has 0 aliphatic heterocycles. The monoisotopic (exact) mass is 626 g/mol. The van der Waals surface area contributed by atoms with E-state index in [4.69, 9.17) is 8.83 Å². The van der Waals surface area contributed by atoms with E-state index in [-0.39, 0.29) is 5.41 Å². The van der Waals surface area contributed by atoms with Crippen molar-refractivity contribution < 1.29 is 8.83 Å². The Kier molecular flexibility index (Phi) is 5.21. The number of benzene rings is 8. The summed E-state index contributed by atoms with van der Waals surface area (Å²) in [7, 11) is 0. The summed E-state index contributed by atoms with van der Waals surface area (Å²) in [6.45, 7) is 4.76. The zero-order chi connectivity index (χ0) is 32.4. The predicted molar refractivity (Wildman–Crippen MR) is 204 cm³/mol. The Morgan fingerprint density at radius 1 is 0.388 bits per heavy atom. The van der Waals surface area contributed by atoms with Gasteiger partial charge in [-0.3, -0.25) is 0 Å². The average Bonchev–Trinajstić information content (AvgIpc) is 3.76. The fraction of sp³-hybridized carbons (Fsp3) is 0.0638. The summed E-state index contributed by atoms with van der Waals surface area (Å²) in [4.78, 5) is 0. The van der Waals surface area contributed by atoms with Crippen molar-refractivity contribution >= 4 is 65.4 Å².